The standard InChI is InChI=1S/C23H24FN5O2/c1-4-27-21-14(10-25)7-19-22(31-13(3)29-19)17-6-5-16(24)9-18(17)12(2)30-20-8-15(21)11-28-23(20)26/h5-6,8-12,25,27H,4,7H2,1-3H3,(H2,26,28)/b21-14-,25-10?/t12-/m1/s1. The number of anilines is 1. The largest absolute Gasteiger partial charge is 0.482 e. The van der Waals surface area contributed by atoms with E-state index in [2.05, 4.69) is 15.3 Å². The molecule has 2 aromatic heterocycles. The molecule has 0 radical (unpaired) electrons. The summed E-state index contributed by atoms with van der Waals surface area (Å²) in [6.07, 6.45) is 2.76. The average Bonchev–Trinajstić information content (AvgIpc) is 3.11. The van der Waals surface area contributed by atoms with E-state index < -0.39 is 6.10 Å². The minimum atomic E-state index is -0.531. The van der Waals surface area contributed by atoms with Gasteiger partial charge in [-0.3, -0.25) is 0 Å². The van der Waals surface area contributed by atoms with Crippen molar-refractivity contribution in [1.82, 2.24) is 15.3 Å². The predicted molar refractivity (Wildman–Crippen MR) is 117 cm³/mol. The number of nitrogen functional groups attached to an aromatic ring is 1. The Morgan fingerprint density at radius 1 is 1.35 bits per heavy atom. The fraction of sp³-hybridized carbons (Fsp3) is 0.261. The predicted octanol–water partition coefficient (Wildman–Crippen LogP) is 4.43. The third kappa shape index (κ3) is 3.88. The van der Waals surface area contributed by atoms with Crippen LogP contribution in [0.2, 0.25) is 0 Å². The molecule has 31 heavy (non-hydrogen) atoms. The maximum atomic E-state index is 14.2. The summed E-state index contributed by atoms with van der Waals surface area (Å²) < 4.78 is 26.2. The summed E-state index contributed by atoms with van der Waals surface area (Å²) in [7, 11) is 0. The number of fused-ring (bicyclic) bond motifs is 5. The van der Waals surface area contributed by atoms with Gasteiger partial charge in [0, 0.05) is 54.7 Å². The molecule has 3 aromatic rings. The molecule has 1 atom stereocenters. The molecule has 4 N–H and O–H groups in total. The van der Waals surface area contributed by atoms with Crippen molar-refractivity contribution in [3.63, 3.8) is 0 Å². The third-order valence-corrected chi connectivity index (χ3v) is 5.18. The van der Waals surface area contributed by atoms with Crippen LogP contribution in [0.1, 0.15) is 42.7 Å². The molecule has 0 fully saturated rings. The van der Waals surface area contributed by atoms with Gasteiger partial charge in [0.05, 0.1) is 5.69 Å². The fourth-order valence-corrected chi connectivity index (χ4v) is 3.79. The van der Waals surface area contributed by atoms with Crippen molar-refractivity contribution in [2.75, 3.05) is 12.3 Å². The van der Waals surface area contributed by atoms with Crippen LogP contribution in [0.5, 0.6) is 5.75 Å². The van der Waals surface area contributed by atoms with E-state index >= 15 is 0 Å². The summed E-state index contributed by atoms with van der Waals surface area (Å²) in [6, 6.07) is 6.26. The van der Waals surface area contributed by atoms with Crippen molar-refractivity contribution in [3.8, 4) is 17.1 Å². The Bertz CT molecular complexity index is 1180. The van der Waals surface area contributed by atoms with E-state index in [-0.39, 0.29) is 11.6 Å². The fourth-order valence-electron chi connectivity index (χ4n) is 3.79. The number of nitrogens with two attached hydrogens (primary N) is 1. The first-order valence-electron chi connectivity index (χ1n) is 10.1. The zero-order chi connectivity index (χ0) is 22.1. The Hall–Kier alpha value is -3.68. The highest BCUT2D eigenvalue weighted by atomic mass is 19.1. The van der Waals surface area contributed by atoms with Gasteiger partial charge in [0.2, 0.25) is 0 Å². The molecule has 1 aliphatic heterocycles. The molecule has 0 amide bonds. The minimum absolute atomic E-state index is 0.231. The van der Waals surface area contributed by atoms with Crippen LogP contribution in [-0.4, -0.2) is 22.7 Å². The van der Waals surface area contributed by atoms with Gasteiger partial charge in [-0.25, -0.2) is 14.4 Å². The number of halogens is 1. The van der Waals surface area contributed by atoms with E-state index in [1.54, 1.807) is 25.3 Å². The molecular weight excluding hydrogens is 397 g/mol. The third-order valence-electron chi connectivity index (χ3n) is 5.18. The minimum Gasteiger partial charge on any atom is -0.482 e. The molecule has 0 aliphatic carbocycles. The number of benzene rings is 1. The van der Waals surface area contributed by atoms with Crippen molar-refractivity contribution in [2.24, 2.45) is 0 Å². The Morgan fingerprint density at radius 2 is 2.16 bits per heavy atom. The van der Waals surface area contributed by atoms with Gasteiger partial charge in [0.15, 0.2) is 23.2 Å². The summed E-state index contributed by atoms with van der Waals surface area (Å²) in [5.74, 6) is 1.26. The van der Waals surface area contributed by atoms with Crippen molar-refractivity contribution in [3.05, 3.63) is 64.6 Å². The van der Waals surface area contributed by atoms with Crippen LogP contribution in [-0.2, 0) is 6.42 Å². The molecule has 7 nitrogen and oxygen atoms in total. The normalized spacial score (nSPS) is 18.1. The number of aromatic nitrogens is 2. The first kappa shape index (κ1) is 20.6. The summed E-state index contributed by atoms with van der Waals surface area (Å²) in [6.45, 7) is 6.21. The van der Waals surface area contributed by atoms with Gasteiger partial charge < -0.3 is 25.6 Å². The highest BCUT2D eigenvalue weighted by Crippen LogP contribution is 2.37. The molecule has 1 aliphatic rings. The smallest absolute Gasteiger partial charge is 0.192 e. The topological polar surface area (TPSA) is 110 Å². The van der Waals surface area contributed by atoms with Gasteiger partial charge in [-0.2, -0.15) is 0 Å². The zero-order valence-corrected chi connectivity index (χ0v) is 17.6. The van der Waals surface area contributed by atoms with Crippen molar-refractivity contribution >= 4 is 17.7 Å². The van der Waals surface area contributed by atoms with Crippen LogP contribution in [0.3, 0.4) is 0 Å². The number of oxazole rings is 1. The lowest BCUT2D eigenvalue weighted by Gasteiger charge is -2.21. The lowest BCUT2D eigenvalue weighted by molar-refractivity contribution is 0.227. The van der Waals surface area contributed by atoms with E-state index in [0.29, 0.717) is 52.8 Å². The Balaban J connectivity index is 2.03. The van der Waals surface area contributed by atoms with Crippen LogP contribution in [0.4, 0.5) is 10.2 Å². The molecule has 4 rings (SSSR count). The molecule has 0 saturated heterocycles. The molecule has 8 heteroatoms. The maximum Gasteiger partial charge on any atom is 0.192 e. The van der Waals surface area contributed by atoms with Crippen molar-refractivity contribution in [1.29, 1.82) is 5.41 Å². The number of hydrogen-bond acceptors (Lipinski definition) is 7. The number of nitrogens with zero attached hydrogens (tertiary/aromatic N) is 2. The Labute approximate surface area is 179 Å². The number of nitrogens with one attached hydrogen (secondary N) is 2. The van der Waals surface area contributed by atoms with E-state index in [9.17, 15) is 4.39 Å². The van der Waals surface area contributed by atoms with Crippen LogP contribution in [0.25, 0.3) is 17.0 Å². The summed E-state index contributed by atoms with van der Waals surface area (Å²) in [5.41, 5.74) is 10.2. The quantitative estimate of drug-likeness (QED) is 0.540. The van der Waals surface area contributed by atoms with E-state index in [1.165, 1.54) is 18.3 Å². The van der Waals surface area contributed by atoms with Crippen molar-refractivity contribution in [2.45, 2.75) is 33.3 Å². The molecule has 0 unspecified atom stereocenters. The maximum absolute atomic E-state index is 14.2. The second kappa shape index (κ2) is 8.22. The van der Waals surface area contributed by atoms with Gasteiger partial charge in [-0.05, 0) is 43.7 Å². The van der Waals surface area contributed by atoms with Gasteiger partial charge in [0.25, 0.3) is 0 Å². The number of pyridine rings is 1. The van der Waals surface area contributed by atoms with Gasteiger partial charge in [-0.1, -0.05) is 0 Å². The highest BCUT2D eigenvalue weighted by Gasteiger charge is 2.24. The monoisotopic (exact) mass is 421 g/mol. The summed E-state index contributed by atoms with van der Waals surface area (Å²) in [5, 5.41) is 11.4. The van der Waals surface area contributed by atoms with Crippen LogP contribution in [0.15, 0.2) is 40.5 Å². The number of rotatable bonds is 3. The lowest BCUT2D eigenvalue weighted by Crippen LogP contribution is -2.17. The number of aryl methyl sites for hydroxylation is 1. The van der Waals surface area contributed by atoms with E-state index in [4.69, 9.17) is 20.3 Å². The van der Waals surface area contributed by atoms with E-state index in [0.717, 1.165) is 11.3 Å². The average molecular weight is 421 g/mol. The first-order chi connectivity index (χ1) is 14.9. The summed E-state index contributed by atoms with van der Waals surface area (Å²) in [4.78, 5) is 8.84. The SMILES string of the molecule is CCN/C1=C(\C=N)Cc2nc(C)oc2-c2ccc(F)cc2[C@@H](C)Oc2cc1cnc2N. The number of allylic oxidation sites excluding steroid dienone is 1. The van der Waals surface area contributed by atoms with Crippen LogP contribution < -0.4 is 15.8 Å². The molecule has 0 saturated carbocycles. The van der Waals surface area contributed by atoms with Gasteiger partial charge >= 0.3 is 0 Å². The molecule has 160 valence electrons. The number of ether oxygens (including phenoxy) is 1. The van der Waals surface area contributed by atoms with Gasteiger partial charge in [-0.15, -0.1) is 0 Å². The zero-order valence-electron chi connectivity index (χ0n) is 17.6. The molecule has 1 aromatic carbocycles. The second-order valence-corrected chi connectivity index (χ2v) is 7.36. The molecule has 2 bridgehead atoms. The first-order valence-corrected chi connectivity index (χ1v) is 10.1. The van der Waals surface area contributed by atoms with Crippen molar-refractivity contribution < 1.29 is 13.5 Å². The number of hydrogen-bond donors (Lipinski definition) is 3. The molecule has 3 heterocycles. The molecule has 0 spiro atoms. The lowest BCUT2D eigenvalue weighted by atomic mass is 9.96. The molecular formula is C23H24FN5O2. The van der Waals surface area contributed by atoms with E-state index in [1.807, 2.05) is 13.8 Å². The Morgan fingerprint density at radius 3 is 2.90 bits per heavy atom. The van der Waals surface area contributed by atoms with Crippen LogP contribution >= 0.6 is 0 Å². The Kier molecular flexibility index (Phi) is 5.46. The highest BCUT2D eigenvalue weighted by molar-refractivity contribution is 5.90. The van der Waals surface area contributed by atoms with Crippen LogP contribution in [0, 0.1) is 18.2 Å². The second-order valence-electron chi connectivity index (χ2n) is 7.36. The summed E-state index contributed by atoms with van der Waals surface area (Å²) >= 11 is 0. The van der Waals surface area contributed by atoms with Gasteiger partial charge in [0.1, 0.15) is 11.9 Å².